The second-order valence-electron chi connectivity index (χ2n) is 6.86. The third-order valence-electron chi connectivity index (χ3n) is 4.62. The molecule has 1 aliphatic heterocycles. The monoisotopic (exact) mass is 447 g/mol. The predicted octanol–water partition coefficient (Wildman–Crippen LogP) is 1.55. The van der Waals surface area contributed by atoms with Crippen LogP contribution in [-0.2, 0) is 19.6 Å². The third kappa shape index (κ3) is 6.19. The Hall–Kier alpha value is -3.11. The number of nitrogens with zero attached hydrogens (tertiary/aromatic N) is 2. The molecule has 2 aromatic rings. The maximum Gasteiger partial charge on any atom is 0.276 e. The second kappa shape index (κ2) is 10.3. The van der Waals surface area contributed by atoms with E-state index in [-0.39, 0.29) is 17.4 Å². The van der Waals surface area contributed by atoms with Crippen molar-refractivity contribution in [1.82, 2.24) is 9.73 Å². The van der Waals surface area contributed by atoms with E-state index >= 15 is 0 Å². The number of methoxy groups -OCH3 is 1. The van der Waals surface area contributed by atoms with E-state index in [0.29, 0.717) is 43.4 Å². The van der Waals surface area contributed by atoms with Gasteiger partial charge in [-0.25, -0.2) is 4.83 Å². The number of hydrazone groups is 1. The Balaban J connectivity index is 1.61. The standard InChI is InChI=1S/C21H25N3O6S/c1-16-3-6-18(7-4-16)31(26,27)23-22-14-17-5-8-19(20(13-17)28-2)30-15-21(25)24-9-11-29-12-10-24/h3-8,13-14,23H,9-12,15H2,1-2H3/b22-14-. The zero-order valence-electron chi connectivity index (χ0n) is 17.4. The average Bonchev–Trinajstić information content (AvgIpc) is 2.78. The first-order chi connectivity index (χ1) is 14.9. The number of hydrogen-bond acceptors (Lipinski definition) is 7. The van der Waals surface area contributed by atoms with Crippen LogP contribution in [0.3, 0.4) is 0 Å². The van der Waals surface area contributed by atoms with Gasteiger partial charge >= 0.3 is 0 Å². The molecule has 1 N–H and O–H groups in total. The van der Waals surface area contributed by atoms with Gasteiger partial charge < -0.3 is 19.1 Å². The summed E-state index contributed by atoms with van der Waals surface area (Å²) in [7, 11) is -2.28. The Labute approximate surface area is 181 Å². The summed E-state index contributed by atoms with van der Waals surface area (Å²) in [5.41, 5.74) is 1.55. The number of morpholine rings is 1. The molecular weight excluding hydrogens is 422 g/mol. The molecule has 9 nitrogen and oxygen atoms in total. The third-order valence-corrected chi connectivity index (χ3v) is 5.86. The number of hydrogen-bond donors (Lipinski definition) is 1. The van der Waals surface area contributed by atoms with Crippen molar-refractivity contribution in [2.75, 3.05) is 40.0 Å². The molecule has 1 aliphatic rings. The lowest BCUT2D eigenvalue weighted by atomic mass is 10.2. The van der Waals surface area contributed by atoms with E-state index in [0.717, 1.165) is 5.56 Å². The first-order valence-corrected chi connectivity index (χ1v) is 11.2. The Bertz CT molecular complexity index is 1030. The van der Waals surface area contributed by atoms with Crippen molar-refractivity contribution < 1.29 is 27.4 Å². The van der Waals surface area contributed by atoms with Crippen molar-refractivity contribution in [3.63, 3.8) is 0 Å². The van der Waals surface area contributed by atoms with E-state index in [1.54, 1.807) is 35.2 Å². The van der Waals surface area contributed by atoms with Gasteiger partial charge in [0, 0.05) is 13.1 Å². The molecule has 0 atom stereocenters. The Kier molecular flexibility index (Phi) is 7.48. The molecular formula is C21H25N3O6S. The first kappa shape index (κ1) is 22.6. The molecule has 0 saturated carbocycles. The van der Waals surface area contributed by atoms with Crippen LogP contribution in [0.5, 0.6) is 11.5 Å². The Morgan fingerprint density at radius 1 is 1.16 bits per heavy atom. The summed E-state index contributed by atoms with van der Waals surface area (Å²) in [6, 6.07) is 11.4. The number of nitrogens with one attached hydrogen (secondary N) is 1. The van der Waals surface area contributed by atoms with Crippen LogP contribution in [0.2, 0.25) is 0 Å². The number of carbonyl (C=O) groups is 1. The predicted molar refractivity (Wildman–Crippen MR) is 115 cm³/mol. The molecule has 1 heterocycles. The average molecular weight is 448 g/mol. The largest absolute Gasteiger partial charge is 0.493 e. The first-order valence-electron chi connectivity index (χ1n) is 9.67. The molecule has 0 spiro atoms. The zero-order chi connectivity index (χ0) is 22.3. The van der Waals surface area contributed by atoms with E-state index in [9.17, 15) is 13.2 Å². The van der Waals surface area contributed by atoms with Gasteiger partial charge in [-0.15, -0.1) is 0 Å². The normalized spacial score (nSPS) is 14.5. The van der Waals surface area contributed by atoms with E-state index in [1.165, 1.54) is 25.5 Å². The van der Waals surface area contributed by atoms with Crippen molar-refractivity contribution in [3.8, 4) is 11.5 Å². The van der Waals surface area contributed by atoms with Crippen LogP contribution in [0.1, 0.15) is 11.1 Å². The van der Waals surface area contributed by atoms with Crippen molar-refractivity contribution in [2.24, 2.45) is 5.10 Å². The van der Waals surface area contributed by atoms with Gasteiger partial charge in [0.2, 0.25) is 0 Å². The molecule has 0 aromatic heterocycles. The maximum absolute atomic E-state index is 12.3. The summed E-state index contributed by atoms with van der Waals surface area (Å²) in [4.78, 5) is 16.2. The highest BCUT2D eigenvalue weighted by atomic mass is 32.2. The lowest BCUT2D eigenvalue weighted by Gasteiger charge is -2.26. The van der Waals surface area contributed by atoms with Gasteiger partial charge in [-0.1, -0.05) is 17.7 Å². The summed E-state index contributed by atoms with van der Waals surface area (Å²) in [6.45, 7) is 3.91. The number of amides is 1. The number of carbonyl (C=O) groups excluding carboxylic acids is 1. The molecule has 31 heavy (non-hydrogen) atoms. The Morgan fingerprint density at radius 3 is 2.55 bits per heavy atom. The highest BCUT2D eigenvalue weighted by Gasteiger charge is 2.18. The molecule has 1 saturated heterocycles. The molecule has 2 aromatic carbocycles. The van der Waals surface area contributed by atoms with Crippen LogP contribution in [0.15, 0.2) is 52.5 Å². The molecule has 1 fully saturated rings. The fourth-order valence-electron chi connectivity index (χ4n) is 2.87. The van der Waals surface area contributed by atoms with Gasteiger partial charge in [-0.2, -0.15) is 13.5 Å². The summed E-state index contributed by atoms with van der Waals surface area (Å²) in [5, 5.41) is 3.82. The molecule has 0 unspecified atom stereocenters. The van der Waals surface area contributed by atoms with Crippen molar-refractivity contribution >= 4 is 22.1 Å². The zero-order valence-corrected chi connectivity index (χ0v) is 18.2. The van der Waals surface area contributed by atoms with Crippen molar-refractivity contribution in [3.05, 3.63) is 53.6 Å². The Morgan fingerprint density at radius 2 is 1.87 bits per heavy atom. The highest BCUT2D eigenvalue weighted by Crippen LogP contribution is 2.27. The molecule has 0 aliphatic carbocycles. The fourth-order valence-corrected chi connectivity index (χ4v) is 3.66. The summed E-state index contributed by atoms with van der Waals surface area (Å²) in [6.07, 6.45) is 1.36. The van der Waals surface area contributed by atoms with E-state index < -0.39 is 10.0 Å². The van der Waals surface area contributed by atoms with Gasteiger partial charge in [-0.3, -0.25) is 4.79 Å². The summed E-state index contributed by atoms with van der Waals surface area (Å²) >= 11 is 0. The lowest BCUT2D eigenvalue weighted by molar-refractivity contribution is -0.137. The lowest BCUT2D eigenvalue weighted by Crippen LogP contribution is -2.43. The van der Waals surface area contributed by atoms with Crippen LogP contribution in [0.25, 0.3) is 0 Å². The minimum atomic E-state index is -3.75. The van der Waals surface area contributed by atoms with Crippen LogP contribution in [0, 0.1) is 6.92 Å². The number of sulfonamides is 1. The van der Waals surface area contributed by atoms with Gasteiger partial charge in [0.25, 0.3) is 15.9 Å². The second-order valence-corrected chi connectivity index (χ2v) is 8.52. The van der Waals surface area contributed by atoms with Crippen molar-refractivity contribution in [1.29, 1.82) is 0 Å². The van der Waals surface area contributed by atoms with Gasteiger partial charge in [-0.05, 0) is 42.8 Å². The minimum absolute atomic E-state index is 0.111. The highest BCUT2D eigenvalue weighted by molar-refractivity contribution is 7.89. The smallest absolute Gasteiger partial charge is 0.276 e. The van der Waals surface area contributed by atoms with E-state index in [1.807, 2.05) is 6.92 Å². The topological polar surface area (TPSA) is 107 Å². The van der Waals surface area contributed by atoms with Gasteiger partial charge in [0.05, 0.1) is 31.4 Å². The molecule has 10 heteroatoms. The van der Waals surface area contributed by atoms with E-state index in [2.05, 4.69) is 9.93 Å². The molecule has 3 rings (SSSR count). The van der Waals surface area contributed by atoms with Crippen LogP contribution in [0.4, 0.5) is 0 Å². The van der Waals surface area contributed by atoms with Crippen molar-refractivity contribution in [2.45, 2.75) is 11.8 Å². The quantitative estimate of drug-likeness (QED) is 0.486. The maximum atomic E-state index is 12.3. The van der Waals surface area contributed by atoms with Crippen LogP contribution >= 0.6 is 0 Å². The number of aryl methyl sites for hydroxylation is 1. The van der Waals surface area contributed by atoms with Gasteiger partial charge in [0.1, 0.15) is 0 Å². The molecule has 0 radical (unpaired) electrons. The fraction of sp³-hybridized carbons (Fsp3) is 0.333. The molecule has 0 bridgehead atoms. The van der Waals surface area contributed by atoms with E-state index in [4.69, 9.17) is 14.2 Å². The number of benzene rings is 2. The SMILES string of the molecule is COc1cc(/C=N\NS(=O)(=O)c2ccc(C)cc2)ccc1OCC(=O)N1CCOCC1. The van der Waals surface area contributed by atoms with Crippen LogP contribution < -0.4 is 14.3 Å². The number of ether oxygens (including phenoxy) is 3. The van der Waals surface area contributed by atoms with Crippen LogP contribution in [-0.4, -0.2) is 65.5 Å². The van der Waals surface area contributed by atoms with Gasteiger partial charge in [0.15, 0.2) is 18.1 Å². The minimum Gasteiger partial charge on any atom is -0.493 e. The molecule has 166 valence electrons. The summed E-state index contributed by atoms with van der Waals surface area (Å²) in [5.74, 6) is 0.683. The summed E-state index contributed by atoms with van der Waals surface area (Å²) < 4.78 is 40.7. The number of rotatable bonds is 8. The molecule has 1 amide bonds.